The van der Waals surface area contributed by atoms with Crippen molar-refractivity contribution >= 4 is 21.9 Å². The van der Waals surface area contributed by atoms with Crippen molar-refractivity contribution in [3.63, 3.8) is 0 Å². The number of hydrogen-bond acceptors (Lipinski definition) is 3. The van der Waals surface area contributed by atoms with Crippen molar-refractivity contribution in [2.45, 2.75) is 31.6 Å². The smallest absolute Gasteiger partial charge is 0.342 e. The van der Waals surface area contributed by atoms with Gasteiger partial charge in [0.1, 0.15) is 11.3 Å². The van der Waals surface area contributed by atoms with E-state index in [1.54, 1.807) is 0 Å². The molecule has 0 atom stereocenters. The SMILES string of the molecule is O=C(O)c1c(C2CCCC2)noc1Br. The number of carbonyl (C=O) groups is 1. The van der Waals surface area contributed by atoms with Crippen LogP contribution in [0.1, 0.15) is 47.7 Å². The molecule has 1 heterocycles. The van der Waals surface area contributed by atoms with Crippen LogP contribution in [0, 0.1) is 0 Å². The summed E-state index contributed by atoms with van der Waals surface area (Å²) in [6.45, 7) is 0. The van der Waals surface area contributed by atoms with Gasteiger partial charge >= 0.3 is 5.97 Å². The van der Waals surface area contributed by atoms with Gasteiger partial charge in [-0.1, -0.05) is 18.0 Å². The molecule has 0 bridgehead atoms. The maximum absolute atomic E-state index is 10.9. The van der Waals surface area contributed by atoms with Crippen LogP contribution in [0.4, 0.5) is 0 Å². The summed E-state index contributed by atoms with van der Waals surface area (Å²) in [5.74, 6) is -0.712. The second-order valence-electron chi connectivity index (χ2n) is 3.50. The van der Waals surface area contributed by atoms with Gasteiger partial charge in [0.15, 0.2) is 0 Å². The zero-order chi connectivity index (χ0) is 10.1. The van der Waals surface area contributed by atoms with Gasteiger partial charge < -0.3 is 9.63 Å². The van der Waals surface area contributed by atoms with Crippen LogP contribution in [0.2, 0.25) is 0 Å². The fourth-order valence-electron chi connectivity index (χ4n) is 1.95. The Morgan fingerprint density at radius 3 is 2.71 bits per heavy atom. The lowest BCUT2D eigenvalue weighted by molar-refractivity contribution is 0.0693. The Hall–Kier alpha value is -0.840. The molecule has 2 rings (SSSR count). The van der Waals surface area contributed by atoms with E-state index in [0.29, 0.717) is 5.69 Å². The molecule has 0 unspecified atom stereocenters. The van der Waals surface area contributed by atoms with Crippen molar-refractivity contribution in [3.8, 4) is 0 Å². The number of rotatable bonds is 2. The summed E-state index contributed by atoms with van der Waals surface area (Å²) in [6.07, 6.45) is 4.32. The van der Waals surface area contributed by atoms with Gasteiger partial charge in [0.2, 0.25) is 4.67 Å². The topological polar surface area (TPSA) is 63.3 Å². The number of halogens is 1. The van der Waals surface area contributed by atoms with Gasteiger partial charge in [-0.05, 0) is 28.8 Å². The first kappa shape index (κ1) is 9.71. The van der Waals surface area contributed by atoms with E-state index in [4.69, 9.17) is 9.63 Å². The molecule has 0 aromatic carbocycles. The van der Waals surface area contributed by atoms with E-state index in [2.05, 4.69) is 21.1 Å². The van der Waals surface area contributed by atoms with Gasteiger partial charge in [-0.3, -0.25) is 0 Å². The van der Waals surface area contributed by atoms with Gasteiger partial charge in [-0.15, -0.1) is 0 Å². The highest BCUT2D eigenvalue weighted by atomic mass is 79.9. The molecule has 1 aliphatic carbocycles. The van der Waals surface area contributed by atoms with Crippen LogP contribution in [0.15, 0.2) is 9.19 Å². The van der Waals surface area contributed by atoms with Crippen molar-refractivity contribution in [3.05, 3.63) is 15.9 Å². The molecule has 1 fully saturated rings. The Labute approximate surface area is 89.4 Å². The molecule has 1 aromatic heterocycles. The van der Waals surface area contributed by atoms with Crippen LogP contribution >= 0.6 is 15.9 Å². The molecule has 1 saturated carbocycles. The molecule has 14 heavy (non-hydrogen) atoms. The zero-order valence-corrected chi connectivity index (χ0v) is 9.08. The van der Waals surface area contributed by atoms with Crippen molar-refractivity contribution in [2.75, 3.05) is 0 Å². The second kappa shape index (κ2) is 3.73. The van der Waals surface area contributed by atoms with Crippen LogP contribution in [0.3, 0.4) is 0 Å². The third-order valence-corrected chi connectivity index (χ3v) is 3.17. The predicted molar refractivity (Wildman–Crippen MR) is 52.4 cm³/mol. The van der Waals surface area contributed by atoms with E-state index >= 15 is 0 Å². The summed E-state index contributed by atoms with van der Waals surface area (Å²) >= 11 is 3.05. The van der Waals surface area contributed by atoms with Gasteiger partial charge in [0.05, 0.1) is 0 Å². The summed E-state index contributed by atoms with van der Waals surface area (Å²) in [5.41, 5.74) is 0.791. The van der Waals surface area contributed by atoms with Crippen molar-refractivity contribution < 1.29 is 14.4 Å². The Balaban J connectivity index is 2.37. The highest BCUT2D eigenvalue weighted by molar-refractivity contribution is 9.10. The normalized spacial score (nSPS) is 17.5. The quantitative estimate of drug-likeness (QED) is 0.887. The molecular weight excluding hydrogens is 250 g/mol. The maximum Gasteiger partial charge on any atom is 0.342 e. The number of nitrogens with zero attached hydrogens (tertiary/aromatic N) is 1. The lowest BCUT2D eigenvalue weighted by Crippen LogP contribution is -2.04. The van der Waals surface area contributed by atoms with Gasteiger partial charge in [-0.2, -0.15) is 0 Å². The van der Waals surface area contributed by atoms with Gasteiger partial charge in [0, 0.05) is 5.92 Å². The van der Waals surface area contributed by atoms with E-state index in [1.807, 2.05) is 0 Å². The third-order valence-electron chi connectivity index (χ3n) is 2.63. The fraction of sp³-hybridized carbons (Fsp3) is 0.556. The number of hydrogen-bond donors (Lipinski definition) is 1. The third kappa shape index (κ3) is 1.56. The first-order chi connectivity index (χ1) is 6.70. The summed E-state index contributed by atoms with van der Waals surface area (Å²) in [7, 11) is 0. The first-order valence-corrected chi connectivity index (χ1v) is 5.38. The van der Waals surface area contributed by atoms with E-state index in [9.17, 15) is 4.79 Å². The highest BCUT2D eigenvalue weighted by Crippen LogP contribution is 2.37. The minimum Gasteiger partial charge on any atom is -0.477 e. The van der Waals surface area contributed by atoms with Crippen LogP contribution < -0.4 is 0 Å². The molecule has 0 aliphatic heterocycles. The maximum atomic E-state index is 10.9. The summed E-state index contributed by atoms with van der Waals surface area (Å²) in [4.78, 5) is 10.9. The van der Waals surface area contributed by atoms with Crippen LogP contribution in [-0.4, -0.2) is 16.2 Å². The highest BCUT2D eigenvalue weighted by Gasteiger charge is 2.28. The first-order valence-electron chi connectivity index (χ1n) is 4.58. The van der Waals surface area contributed by atoms with Gasteiger partial charge in [-0.25, -0.2) is 4.79 Å². The summed E-state index contributed by atoms with van der Waals surface area (Å²) in [5, 5.41) is 12.8. The largest absolute Gasteiger partial charge is 0.477 e. The summed E-state index contributed by atoms with van der Waals surface area (Å²) < 4.78 is 5.08. The molecule has 5 heteroatoms. The van der Waals surface area contributed by atoms with Crippen LogP contribution in [-0.2, 0) is 0 Å². The standard InChI is InChI=1S/C9H10BrNO3/c10-8-6(9(12)13)7(11-14-8)5-3-1-2-4-5/h5H,1-4H2,(H,12,13). The molecule has 1 aromatic rings. The number of aromatic carboxylic acids is 1. The lowest BCUT2D eigenvalue weighted by atomic mass is 10.0. The Bertz CT molecular complexity index is 355. The molecule has 76 valence electrons. The van der Waals surface area contributed by atoms with Crippen molar-refractivity contribution in [2.24, 2.45) is 0 Å². The molecule has 0 spiro atoms. The number of aromatic nitrogens is 1. The van der Waals surface area contributed by atoms with Gasteiger partial charge in [0.25, 0.3) is 0 Å². The lowest BCUT2D eigenvalue weighted by Gasteiger charge is -2.04. The molecule has 4 nitrogen and oxygen atoms in total. The minimum atomic E-state index is -0.972. The summed E-state index contributed by atoms with van der Waals surface area (Å²) in [6, 6.07) is 0. The predicted octanol–water partition coefficient (Wildman–Crippen LogP) is 2.79. The Morgan fingerprint density at radius 1 is 1.50 bits per heavy atom. The average Bonchev–Trinajstić information content (AvgIpc) is 2.70. The average molecular weight is 260 g/mol. The van der Waals surface area contributed by atoms with E-state index in [0.717, 1.165) is 25.7 Å². The minimum absolute atomic E-state index is 0.192. The molecule has 0 amide bonds. The molecule has 1 N–H and O–H groups in total. The molecule has 0 saturated heterocycles. The zero-order valence-electron chi connectivity index (χ0n) is 7.49. The van der Waals surface area contributed by atoms with E-state index < -0.39 is 5.97 Å². The van der Waals surface area contributed by atoms with E-state index in [1.165, 1.54) is 0 Å². The fourth-order valence-corrected chi connectivity index (χ4v) is 2.40. The monoisotopic (exact) mass is 259 g/mol. The van der Waals surface area contributed by atoms with E-state index in [-0.39, 0.29) is 16.2 Å². The van der Waals surface area contributed by atoms with Crippen LogP contribution in [0.25, 0.3) is 0 Å². The molecule has 1 aliphatic rings. The number of carboxylic acids is 1. The van der Waals surface area contributed by atoms with Crippen molar-refractivity contribution in [1.82, 2.24) is 5.16 Å². The second-order valence-corrected chi connectivity index (χ2v) is 4.22. The van der Waals surface area contributed by atoms with Crippen LogP contribution in [0.5, 0.6) is 0 Å². The molecule has 0 radical (unpaired) electrons. The Kier molecular flexibility index (Phi) is 2.58. The van der Waals surface area contributed by atoms with Crippen molar-refractivity contribution in [1.29, 1.82) is 0 Å². The number of carboxylic acid groups (broad SMARTS) is 1. The molecular formula is C9H10BrNO3. The Morgan fingerprint density at radius 2 is 2.14 bits per heavy atom.